The van der Waals surface area contributed by atoms with E-state index in [-0.39, 0.29) is 5.97 Å². The van der Waals surface area contributed by atoms with Crippen molar-refractivity contribution < 1.29 is 14.3 Å². The summed E-state index contributed by atoms with van der Waals surface area (Å²) in [7, 11) is 0. The van der Waals surface area contributed by atoms with Crippen LogP contribution in [-0.2, 0) is 9.53 Å². The summed E-state index contributed by atoms with van der Waals surface area (Å²) in [4.78, 5) is 11.5. The van der Waals surface area contributed by atoms with Crippen LogP contribution < -0.4 is 4.74 Å². The summed E-state index contributed by atoms with van der Waals surface area (Å²) < 4.78 is 11.5. The molecule has 0 bridgehead atoms. The van der Waals surface area contributed by atoms with Crippen molar-refractivity contribution in [3.8, 4) is 5.75 Å². The van der Waals surface area contributed by atoms with Gasteiger partial charge in [-0.3, -0.25) is 0 Å². The first-order chi connectivity index (χ1) is 9.10. The molecule has 0 aromatic heterocycles. The molecule has 0 spiro atoms. The second-order valence-corrected chi connectivity index (χ2v) is 5.08. The standard InChI is InChI=1S/C15H15BrO3/c1-3-18-15(17)10(2)19-14-7-5-11-8-13(16)6-4-12(11)9-14/h4-10H,3H2,1-2H3. The topological polar surface area (TPSA) is 35.5 Å². The van der Waals surface area contributed by atoms with Crippen molar-refractivity contribution in [1.82, 2.24) is 0 Å². The van der Waals surface area contributed by atoms with Crippen molar-refractivity contribution in [3.63, 3.8) is 0 Å². The maximum atomic E-state index is 11.5. The molecule has 0 amide bonds. The van der Waals surface area contributed by atoms with Gasteiger partial charge >= 0.3 is 5.97 Å². The van der Waals surface area contributed by atoms with Crippen LogP contribution in [0.15, 0.2) is 40.9 Å². The van der Waals surface area contributed by atoms with Crippen molar-refractivity contribution in [2.45, 2.75) is 20.0 Å². The lowest BCUT2D eigenvalue weighted by atomic mass is 10.1. The molecule has 0 aliphatic heterocycles. The number of hydrogen-bond donors (Lipinski definition) is 0. The number of carbonyl (C=O) groups is 1. The maximum absolute atomic E-state index is 11.5. The zero-order valence-electron chi connectivity index (χ0n) is 10.9. The van der Waals surface area contributed by atoms with Crippen LogP contribution in [0.25, 0.3) is 10.8 Å². The summed E-state index contributed by atoms with van der Waals surface area (Å²) in [6.45, 7) is 3.82. The lowest BCUT2D eigenvalue weighted by Gasteiger charge is -2.13. The predicted octanol–water partition coefficient (Wildman–Crippen LogP) is 3.93. The van der Waals surface area contributed by atoms with E-state index in [4.69, 9.17) is 9.47 Å². The van der Waals surface area contributed by atoms with Gasteiger partial charge in [0.25, 0.3) is 0 Å². The van der Waals surface area contributed by atoms with E-state index < -0.39 is 6.10 Å². The van der Waals surface area contributed by atoms with Crippen LogP contribution in [0, 0.1) is 0 Å². The van der Waals surface area contributed by atoms with Gasteiger partial charge in [-0.05, 0) is 48.9 Å². The molecular formula is C15H15BrO3. The highest BCUT2D eigenvalue weighted by molar-refractivity contribution is 9.10. The van der Waals surface area contributed by atoms with Crippen LogP contribution in [-0.4, -0.2) is 18.7 Å². The zero-order valence-corrected chi connectivity index (χ0v) is 12.4. The Morgan fingerprint density at radius 1 is 1.21 bits per heavy atom. The number of rotatable bonds is 4. The molecule has 2 aromatic rings. The summed E-state index contributed by atoms with van der Waals surface area (Å²) >= 11 is 3.44. The van der Waals surface area contributed by atoms with Crippen LogP contribution in [0.2, 0.25) is 0 Å². The third-order valence-corrected chi connectivity index (χ3v) is 3.20. The molecule has 1 atom stereocenters. The molecule has 0 fully saturated rings. The SMILES string of the molecule is CCOC(=O)C(C)Oc1ccc2cc(Br)ccc2c1. The molecule has 100 valence electrons. The van der Waals surface area contributed by atoms with Crippen molar-refractivity contribution in [3.05, 3.63) is 40.9 Å². The maximum Gasteiger partial charge on any atom is 0.347 e. The van der Waals surface area contributed by atoms with E-state index in [0.29, 0.717) is 12.4 Å². The highest BCUT2D eigenvalue weighted by Gasteiger charge is 2.15. The van der Waals surface area contributed by atoms with Gasteiger partial charge in [0.05, 0.1) is 6.61 Å². The first kappa shape index (κ1) is 13.9. The van der Waals surface area contributed by atoms with E-state index in [9.17, 15) is 4.79 Å². The van der Waals surface area contributed by atoms with Gasteiger partial charge in [0.15, 0.2) is 6.10 Å². The summed E-state index contributed by atoms with van der Waals surface area (Å²) in [6, 6.07) is 11.7. The molecule has 0 saturated heterocycles. The molecule has 3 nitrogen and oxygen atoms in total. The average Bonchev–Trinajstić information content (AvgIpc) is 2.39. The molecular weight excluding hydrogens is 308 g/mol. The van der Waals surface area contributed by atoms with Gasteiger partial charge in [0.1, 0.15) is 5.75 Å². The Labute approximate surface area is 120 Å². The van der Waals surface area contributed by atoms with Crippen LogP contribution in [0.4, 0.5) is 0 Å². The number of fused-ring (bicyclic) bond motifs is 1. The first-order valence-corrected chi connectivity index (χ1v) is 6.92. The van der Waals surface area contributed by atoms with Crippen LogP contribution in [0.1, 0.15) is 13.8 Å². The molecule has 0 aliphatic carbocycles. The second-order valence-electron chi connectivity index (χ2n) is 4.17. The molecule has 19 heavy (non-hydrogen) atoms. The Balaban J connectivity index is 2.17. The smallest absolute Gasteiger partial charge is 0.347 e. The first-order valence-electron chi connectivity index (χ1n) is 6.12. The van der Waals surface area contributed by atoms with Gasteiger partial charge in [-0.15, -0.1) is 0 Å². The minimum Gasteiger partial charge on any atom is -0.479 e. The van der Waals surface area contributed by atoms with Gasteiger partial charge in [-0.2, -0.15) is 0 Å². The number of carbonyl (C=O) groups excluding carboxylic acids is 1. The summed E-state index contributed by atoms with van der Waals surface area (Å²) in [6.07, 6.45) is -0.604. The van der Waals surface area contributed by atoms with E-state index >= 15 is 0 Å². The summed E-state index contributed by atoms with van der Waals surface area (Å²) in [5.41, 5.74) is 0. The van der Waals surface area contributed by atoms with Crippen LogP contribution in [0.5, 0.6) is 5.75 Å². The van der Waals surface area contributed by atoms with Crippen LogP contribution in [0.3, 0.4) is 0 Å². The highest BCUT2D eigenvalue weighted by atomic mass is 79.9. The fraction of sp³-hybridized carbons (Fsp3) is 0.267. The summed E-state index contributed by atoms with van der Waals surface area (Å²) in [5, 5.41) is 2.18. The molecule has 2 aromatic carbocycles. The predicted molar refractivity (Wildman–Crippen MR) is 78.4 cm³/mol. The van der Waals surface area contributed by atoms with Gasteiger partial charge in [0.2, 0.25) is 0 Å². The average molecular weight is 323 g/mol. The van der Waals surface area contributed by atoms with E-state index in [0.717, 1.165) is 15.2 Å². The molecule has 0 N–H and O–H groups in total. The van der Waals surface area contributed by atoms with E-state index in [1.807, 2.05) is 36.4 Å². The van der Waals surface area contributed by atoms with Crippen molar-refractivity contribution >= 4 is 32.7 Å². The normalized spacial score (nSPS) is 12.2. The van der Waals surface area contributed by atoms with E-state index in [1.165, 1.54) is 0 Å². The molecule has 0 heterocycles. The van der Waals surface area contributed by atoms with Crippen molar-refractivity contribution in [2.75, 3.05) is 6.61 Å². The largest absolute Gasteiger partial charge is 0.479 e. The van der Waals surface area contributed by atoms with E-state index in [1.54, 1.807) is 13.8 Å². The molecule has 0 saturated carbocycles. The molecule has 1 unspecified atom stereocenters. The number of benzene rings is 2. The van der Waals surface area contributed by atoms with Gasteiger partial charge in [-0.25, -0.2) is 4.79 Å². The highest BCUT2D eigenvalue weighted by Crippen LogP contribution is 2.24. The monoisotopic (exact) mass is 322 g/mol. The Kier molecular flexibility index (Phi) is 4.43. The third kappa shape index (κ3) is 3.47. The minimum atomic E-state index is -0.604. The molecule has 0 radical (unpaired) electrons. The molecule has 0 aliphatic rings. The minimum absolute atomic E-state index is 0.349. The Bertz CT molecular complexity index is 595. The Hall–Kier alpha value is -1.55. The number of hydrogen-bond acceptors (Lipinski definition) is 3. The van der Waals surface area contributed by atoms with Gasteiger partial charge in [-0.1, -0.05) is 28.1 Å². The molecule has 4 heteroatoms. The summed E-state index contributed by atoms with van der Waals surface area (Å²) in [5.74, 6) is 0.314. The second kappa shape index (κ2) is 6.06. The Morgan fingerprint density at radius 3 is 2.63 bits per heavy atom. The molecule has 2 rings (SSSR count). The van der Waals surface area contributed by atoms with Gasteiger partial charge in [0, 0.05) is 4.47 Å². The number of esters is 1. The van der Waals surface area contributed by atoms with Crippen molar-refractivity contribution in [1.29, 1.82) is 0 Å². The lowest BCUT2D eigenvalue weighted by Crippen LogP contribution is -2.26. The number of ether oxygens (including phenoxy) is 2. The Morgan fingerprint density at radius 2 is 1.89 bits per heavy atom. The quantitative estimate of drug-likeness (QED) is 0.800. The van der Waals surface area contributed by atoms with Crippen molar-refractivity contribution in [2.24, 2.45) is 0 Å². The fourth-order valence-electron chi connectivity index (χ4n) is 1.78. The third-order valence-electron chi connectivity index (χ3n) is 2.71. The number of halogens is 1. The lowest BCUT2D eigenvalue weighted by molar-refractivity contribution is -0.150. The fourth-order valence-corrected chi connectivity index (χ4v) is 2.16. The zero-order chi connectivity index (χ0) is 13.8. The van der Waals surface area contributed by atoms with Gasteiger partial charge < -0.3 is 9.47 Å². The van der Waals surface area contributed by atoms with E-state index in [2.05, 4.69) is 15.9 Å². The van der Waals surface area contributed by atoms with Crippen LogP contribution >= 0.6 is 15.9 Å².